The number of hydrogen-bond acceptors (Lipinski definition) is 5. The van der Waals surface area contributed by atoms with Crippen molar-refractivity contribution < 1.29 is 19.1 Å². The minimum Gasteiger partial charge on any atom is -0.491 e. The van der Waals surface area contributed by atoms with Crippen LogP contribution in [0.1, 0.15) is 46.6 Å². The molecule has 3 heterocycles. The molecule has 38 heavy (non-hydrogen) atoms. The van der Waals surface area contributed by atoms with Crippen molar-refractivity contribution >= 4 is 11.8 Å². The molecule has 2 aliphatic heterocycles. The fourth-order valence-electron chi connectivity index (χ4n) is 5.33. The normalized spacial score (nSPS) is 20.7. The van der Waals surface area contributed by atoms with Crippen LogP contribution in [0.15, 0.2) is 72.8 Å². The van der Waals surface area contributed by atoms with E-state index in [1.165, 1.54) is 5.56 Å². The molecule has 7 nitrogen and oxygen atoms in total. The maximum atomic E-state index is 13.7. The fraction of sp³-hybridized carbons (Fsp3) is 0.387. The quantitative estimate of drug-likeness (QED) is 0.526. The number of morpholine rings is 1. The molecule has 1 spiro atoms. The highest BCUT2D eigenvalue weighted by atomic mass is 16.5. The first-order valence-corrected chi connectivity index (χ1v) is 13.4. The summed E-state index contributed by atoms with van der Waals surface area (Å²) in [5, 5.41) is 0. The smallest absolute Gasteiger partial charge is 0.272 e. The summed E-state index contributed by atoms with van der Waals surface area (Å²) in [6, 6.07) is 23.7. The first-order valence-electron chi connectivity index (χ1n) is 13.4. The molecule has 5 rings (SSSR count). The average molecular weight is 514 g/mol. The van der Waals surface area contributed by atoms with Gasteiger partial charge in [0.2, 0.25) is 0 Å². The van der Waals surface area contributed by atoms with Crippen molar-refractivity contribution in [3.05, 3.63) is 95.3 Å². The van der Waals surface area contributed by atoms with E-state index in [-0.39, 0.29) is 18.4 Å². The molecule has 1 saturated heterocycles. The number of benzene rings is 2. The van der Waals surface area contributed by atoms with Gasteiger partial charge in [-0.15, -0.1) is 0 Å². The Kier molecular flexibility index (Phi) is 8.03. The number of amides is 2. The number of aromatic nitrogens is 1. The Morgan fingerprint density at radius 1 is 0.947 bits per heavy atom. The highest BCUT2D eigenvalue weighted by molar-refractivity contribution is 5.93. The largest absolute Gasteiger partial charge is 0.491 e. The second-order valence-corrected chi connectivity index (χ2v) is 10.1. The highest BCUT2D eigenvalue weighted by Gasteiger charge is 2.46. The molecule has 1 unspecified atom stereocenters. The third-order valence-electron chi connectivity index (χ3n) is 7.40. The number of ether oxygens (including phenoxy) is 2. The van der Waals surface area contributed by atoms with Gasteiger partial charge in [-0.3, -0.25) is 9.59 Å². The Morgan fingerprint density at radius 2 is 1.76 bits per heavy atom. The van der Waals surface area contributed by atoms with Gasteiger partial charge in [-0.1, -0.05) is 54.6 Å². The van der Waals surface area contributed by atoms with Crippen molar-refractivity contribution in [1.29, 1.82) is 0 Å². The fourth-order valence-corrected chi connectivity index (χ4v) is 5.33. The molecule has 0 bridgehead atoms. The number of carbonyl (C=O) groups excluding carboxylic acids is 2. The number of hydrogen-bond donors (Lipinski definition) is 0. The van der Waals surface area contributed by atoms with Gasteiger partial charge in [0.15, 0.2) is 5.60 Å². The van der Waals surface area contributed by atoms with E-state index in [2.05, 4.69) is 23.2 Å². The molecule has 0 radical (unpaired) electrons. The number of aryl methyl sites for hydroxylation is 1. The average Bonchev–Trinajstić information content (AvgIpc) is 2.95. The van der Waals surface area contributed by atoms with E-state index >= 15 is 0 Å². The topological polar surface area (TPSA) is 72.0 Å². The predicted molar refractivity (Wildman–Crippen MR) is 145 cm³/mol. The number of fused-ring (bicyclic) bond motifs is 1. The Hall–Kier alpha value is -3.71. The van der Waals surface area contributed by atoms with Crippen LogP contribution in [-0.2, 0) is 22.4 Å². The Labute approximate surface area is 224 Å². The summed E-state index contributed by atoms with van der Waals surface area (Å²) >= 11 is 0. The summed E-state index contributed by atoms with van der Waals surface area (Å²) in [4.78, 5) is 35.4. The number of nitrogens with zero attached hydrogens (tertiary/aromatic N) is 3. The predicted octanol–water partition coefficient (Wildman–Crippen LogP) is 4.15. The molecular weight excluding hydrogens is 478 g/mol. The van der Waals surface area contributed by atoms with Crippen molar-refractivity contribution in [1.82, 2.24) is 14.8 Å². The number of pyridine rings is 1. The van der Waals surface area contributed by atoms with E-state index in [4.69, 9.17) is 9.47 Å². The monoisotopic (exact) mass is 513 g/mol. The second-order valence-electron chi connectivity index (χ2n) is 10.1. The molecule has 0 aliphatic carbocycles. The Balaban J connectivity index is 1.32. The van der Waals surface area contributed by atoms with E-state index in [1.54, 1.807) is 22.9 Å². The van der Waals surface area contributed by atoms with Gasteiger partial charge in [-0.2, -0.15) is 0 Å². The zero-order valence-corrected chi connectivity index (χ0v) is 22.0. The number of likely N-dealkylation sites (N-methyl/N-ethyl adjacent to an activating group) is 1. The van der Waals surface area contributed by atoms with Gasteiger partial charge in [0.05, 0.1) is 19.7 Å². The zero-order chi connectivity index (χ0) is 26.4. The summed E-state index contributed by atoms with van der Waals surface area (Å²) in [6.07, 6.45) is 3.80. The molecule has 0 saturated carbocycles. The van der Waals surface area contributed by atoms with Gasteiger partial charge in [-0.05, 0) is 55.0 Å². The van der Waals surface area contributed by atoms with Crippen molar-refractivity contribution in [2.75, 3.05) is 39.9 Å². The lowest BCUT2D eigenvalue weighted by Crippen LogP contribution is -2.61. The number of para-hydroxylation sites is 1. The minimum absolute atomic E-state index is 0.0988. The third-order valence-corrected chi connectivity index (χ3v) is 7.40. The molecular formula is C31H35N3O4. The second kappa shape index (κ2) is 11.8. The standard InChI is InChI=1S/C31H35N3O4/c1-33-18-20-37-28-16-6-5-12-25(28)13-7-8-17-31(30(33)36)23-34(19-21-38-31)29(35)27-15-9-14-26(32-27)22-24-10-3-2-4-11-24/h2-6,9-12,14-16H,7-8,13,17-23H2,1H3. The maximum absolute atomic E-state index is 13.7. The van der Waals surface area contributed by atoms with Crippen LogP contribution in [0.5, 0.6) is 5.75 Å². The summed E-state index contributed by atoms with van der Waals surface area (Å²) in [5.74, 6) is 0.621. The van der Waals surface area contributed by atoms with E-state index in [0.29, 0.717) is 44.8 Å². The third kappa shape index (κ3) is 5.89. The molecule has 2 aromatic carbocycles. The Morgan fingerprint density at radius 3 is 2.63 bits per heavy atom. The lowest BCUT2D eigenvalue weighted by atomic mass is 9.91. The van der Waals surface area contributed by atoms with Crippen LogP contribution in [0.25, 0.3) is 0 Å². The molecule has 0 N–H and O–H groups in total. The summed E-state index contributed by atoms with van der Waals surface area (Å²) < 4.78 is 12.3. The van der Waals surface area contributed by atoms with Crippen molar-refractivity contribution in [3.63, 3.8) is 0 Å². The molecule has 2 aliphatic rings. The van der Waals surface area contributed by atoms with E-state index in [9.17, 15) is 9.59 Å². The van der Waals surface area contributed by atoms with Gasteiger partial charge in [0.1, 0.15) is 18.1 Å². The first kappa shape index (κ1) is 25.9. The molecule has 3 aromatic rings. The van der Waals surface area contributed by atoms with E-state index in [1.807, 2.05) is 48.5 Å². The van der Waals surface area contributed by atoms with Crippen LogP contribution in [0.3, 0.4) is 0 Å². The molecule has 198 valence electrons. The summed E-state index contributed by atoms with van der Waals surface area (Å²) in [5.41, 5.74) is 2.49. The maximum Gasteiger partial charge on any atom is 0.272 e. The lowest BCUT2D eigenvalue weighted by Gasteiger charge is -2.43. The van der Waals surface area contributed by atoms with Crippen molar-refractivity contribution in [2.45, 2.75) is 37.7 Å². The van der Waals surface area contributed by atoms with E-state index < -0.39 is 5.60 Å². The lowest BCUT2D eigenvalue weighted by molar-refractivity contribution is -0.169. The first-order chi connectivity index (χ1) is 18.5. The van der Waals surface area contributed by atoms with Gasteiger partial charge in [0.25, 0.3) is 11.8 Å². The van der Waals surface area contributed by atoms with Gasteiger partial charge >= 0.3 is 0 Å². The van der Waals surface area contributed by atoms with Gasteiger partial charge < -0.3 is 19.3 Å². The van der Waals surface area contributed by atoms with Crippen molar-refractivity contribution in [3.8, 4) is 5.75 Å². The SMILES string of the molecule is CN1CCOc2ccccc2CCCCC2(CN(C(=O)c3cccc(Cc4ccccc4)n3)CCO2)C1=O. The molecule has 1 aromatic heterocycles. The van der Waals surface area contributed by atoms with E-state index in [0.717, 1.165) is 36.3 Å². The van der Waals surface area contributed by atoms with Crippen LogP contribution in [-0.4, -0.2) is 72.1 Å². The minimum atomic E-state index is -1.07. The molecule has 7 heteroatoms. The number of rotatable bonds is 3. The van der Waals surface area contributed by atoms with Crippen LogP contribution in [0, 0.1) is 0 Å². The highest BCUT2D eigenvalue weighted by Crippen LogP contribution is 2.30. The van der Waals surface area contributed by atoms with Gasteiger partial charge in [-0.25, -0.2) is 4.98 Å². The van der Waals surface area contributed by atoms with Crippen molar-refractivity contribution in [2.24, 2.45) is 0 Å². The molecule has 1 atom stereocenters. The van der Waals surface area contributed by atoms with Crippen LogP contribution >= 0.6 is 0 Å². The van der Waals surface area contributed by atoms with Crippen LogP contribution in [0.2, 0.25) is 0 Å². The number of carbonyl (C=O) groups is 2. The molecule has 2 amide bonds. The van der Waals surface area contributed by atoms with Gasteiger partial charge in [0, 0.05) is 25.7 Å². The molecule has 1 fully saturated rings. The zero-order valence-electron chi connectivity index (χ0n) is 22.0. The Bertz CT molecular complexity index is 1260. The van der Waals surface area contributed by atoms with Crippen LogP contribution < -0.4 is 4.74 Å². The summed E-state index contributed by atoms with van der Waals surface area (Å²) in [7, 11) is 1.78. The van der Waals surface area contributed by atoms with Crippen LogP contribution in [0.4, 0.5) is 0 Å². The summed E-state index contributed by atoms with van der Waals surface area (Å²) in [6.45, 7) is 1.80.